The van der Waals surface area contributed by atoms with Crippen molar-refractivity contribution in [1.29, 1.82) is 0 Å². The Hall–Kier alpha value is -1.72. The number of alkyl halides is 2. The molecule has 0 aliphatic rings. The third kappa shape index (κ3) is 2.38. The number of carboxylic acids is 1. The van der Waals surface area contributed by atoms with Gasteiger partial charge in [0.1, 0.15) is 11.6 Å². The fraction of sp³-hybridized carbons (Fsp3) is 0.125. The lowest BCUT2D eigenvalue weighted by atomic mass is 10.3. The van der Waals surface area contributed by atoms with Crippen molar-refractivity contribution in [3.8, 4) is 5.75 Å². The van der Waals surface area contributed by atoms with Gasteiger partial charge in [-0.25, -0.2) is 9.18 Å². The minimum absolute atomic E-state index is 0.418. The molecule has 0 saturated heterocycles. The highest BCUT2D eigenvalue weighted by Crippen LogP contribution is 2.21. The number of aliphatic carboxylic acids is 1. The first-order valence-electron chi connectivity index (χ1n) is 3.47. The summed E-state index contributed by atoms with van der Waals surface area (Å²) in [5.74, 6) is -3.45. The fourth-order valence-electron chi connectivity index (χ4n) is 0.694. The van der Waals surface area contributed by atoms with Crippen LogP contribution < -0.4 is 4.74 Å². The molecule has 0 bridgehead atoms. The summed E-state index contributed by atoms with van der Waals surface area (Å²) in [6.07, 6.45) is -4.31. The molecule has 0 saturated carbocycles. The summed E-state index contributed by atoms with van der Waals surface area (Å²) >= 11 is 0. The van der Waals surface area contributed by atoms with E-state index in [1.807, 2.05) is 0 Å². The van der Waals surface area contributed by atoms with Gasteiger partial charge in [-0.05, 0) is 24.3 Å². The first kappa shape index (κ1) is 10.4. The Kier molecular flexibility index (Phi) is 2.64. The molecule has 3 nitrogen and oxygen atoms in total. The second-order valence-electron chi connectivity index (χ2n) is 2.38. The van der Waals surface area contributed by atoms with Gasteiger partial charge in [0, 0.05) is 0 Å². The lowest BCUT2D eigenvalue weighted by molar-refractivity contribution is -0.210. The zero-order chi connectivity index (χ0) is 10.8. The van der Waals surface area contributed by atoms with Gasteiger partial charge < -0.3 is 9.84 Å². The van der Waals surface area contributed by atoms with Crippen LogP contribution in [0.15, 0.2) is 24.3 Å². The molecule has 0 atom stereocenters. The third-order valence-electron chi connectivity index (χ3n) is 1.31. The van der Waals surface area contributed by atoms with Crippen LogP contribution in [0.5, 0.6) is 5.75 Å². The van der Waals surface area contributed by atoms with Crippen LogP contribution in [0.4, 0.5) is 13.2 Å². The summed E-state index contributed by atoms with van der Waals surface area (Å²) in [5.41, 5.74) is 0. The molecule has 0 heterocycles. The van der Waals surface area contributed by atoms with Crippen molar-refractivity contribution in [3.05, 3.63) is 30.1 Å². The van der Waals surface area contributed by atoms with Crippen molar-refractivity contribution in [2.24, 2.45) is 0 Å². The fourth-order valence-corrected chi connectivity index (χ4v) is 0.694. The molecular formula is C8H5F3O3. The van der Waals surface area contributed by atoms with Gasteiger partial charge in [-0.15, -0.1) is 0 Å². The van der Waals surface area contributed by atoms with Gasteiger partial charge in [-0.1, -0.05) is 0 Å². The summed E-state index contributed by atoms with van der Waals surface area (Å²) in [4.78, 5) is 9.94. The van der Waals surface area contributed by atoms with E-state index in [4.69, 9.17) is 5.11 Å². The Morgan fingerprint density at radius 1 is 1.29 bits per heavy atom. The summed E-state index contributed by atoms with van der Waals surface area (Å²) in [6.45, 7) is 0. The van der Waals surface area contributed by atoms with Gasteiger partial charge in [0.15, 0.2) is 0 Å². The van der Waals surface area contributed by atoms with E-state index in [0.29, 0.717) is 0 Å². The Bertz CT molecular complexity index is 334. The number of benzene rings is 1. The highest BCUT2D eigenvalue weighted by atomic mass is 19.3. The molecule has 0 fully saturated rings. The summed E-state index contributed by atoms with van der Waals surface area (Å²) in [5, 5.41) is 8.01. The largest absolute Gasteiger partial charge is 0.501 e. The van der Waals surface area contributed by atoms with E-state index in [9.17, 15) is 18.0 Å². The standard InChI is InChI=1S/C8H5F3O3/c9-5-1-3-6(4-2-5)14-8(10,11)7(12)13/h1-4H,(H,12,13). The molecule has 14 heavy (non-hydrogen) atoms. The molecule has 0 amide bonds. The van der Waals surface area contributed by atoms with Crippen LogP contribution in [-0.4, -0.2) is 17.2 Å². The van der Waals surface area contributed by atoms with Gasteiger partial charge >= 0.3 is 12.1 Å². The van der Waals surface area contributed by atoms with Crippen LogP contribution in [0, 0.1) is 5.82 Å². The normalized spacial score (nSPS) is 11.1. The first-order valence-corrected chi connectivity index (χ1v) is 3.47. The van der Waals surface area contributed by atoms with Crippen LogP contribution in [-0.2, 0) is 4.79 Å². The van der Waals surface area contributed by atoms with Gasteiger partial charge in [-0.3, -0.25) is 0 Å². The minimum Gasteiger partial charge on any atom is -0.474 e. The number of hydrogen-bond donors (Lipinski definition) is 1. The third-order valence-corrected chi connectivity index (χ3v) is 1.31. The lowest BCUT2D eigenvalue weighted by Crippen LogP contribution is -2.34. The highest BCUT2D eigenvalue weighted by molar-refractivity contribution is 5.73. The molecule has 1 N–H and O–H groups in total. The van der Waals surface area contributed by atoms with E-state index in [0.717, 1.165) is 24.3 Å². The molecule has 6 heteroatoms. The van der Waals surface area contributed by atoms with Crippen LogP contribution in [0.1, 0.15) is 0 Å². The predicted molar refractivity (Wildman–Crippen MR) is 39.6 cm³/mol. The SMILES string of the molecule is O=C(O)C(F)(F)Oc1ccc(F)cc1. The topological polar surface area (TPSA) is 46.5 Å². The zero-order valence-electron chi connectivity index (χ0n) is 6.71. The number of rotatable bonds is 3. The van der Waals surface area contributed by atoms with E-state index in [-0.39, 0.29) is 0 Å². The van der Waals surface area contributed by atoms with Crippen molar-refractivity contribution in [2.75, 3.05) is 0 Å². The summed E-state index contributed by atoms with van der Waals surface area (Å²) in [6, 6.07) is 3.58. The van der Waals surface area contributed by atoms with E-state index in [1.54, 1.807) is 0 Å². The molecule has 1 rings (SSSR count). The van der Waals surface area contributed by atoms with E-state index in [2.05, 4.69) is 4.74 Å². The van der Waals surface area contributed by atoms with E-state index >= 15 is 0 Å². The average Bonchev–Trinajstić information content (AvgIpc) is 2.08. The second-order valence-corrected chi connectivity index (χ2v) is 2.38. The summed E-state index contributed by atoms with van der Waals surface area (Å²) < 4.78 is 41.0. The molecule has 0 radical (unpaired) electrons. The molecule has 76 valence electrons. The number of hydrogen-bond acceptors (Lipinski definition) is 2. The van der Waals surface area contributed by atoms with Gasteiger partial charge in [-0.2, -0.15) is 8.78 Å². The molecule has 0 aliphatic heterocycles. The Labute approximate surface area is 76.7 Å². The minimum atomic E-state index is -4.31. The van der Waals surface area contributed by atoms with Crippen LogP contribution in [0.2, 0.25) is 0 Å². The first-order chi connectivity index (χ1) is 6.42. The van der Waals surface area contributed by atoms with Crippen LogP contribution >= 0.6 is 0 Å². The zero-order valence-corrected chi connectivity index (χ0v) is 6.71. The van der Waals surface area contributed by atoms with Crippen molar-refractivity contribution >= 4 is 5.97 Å². The van der Waals surface area contributed by atoms with Crippen LogP contribution in [0.3, 0.4) is 0 Å². The predicted octanol–water partition coefficient (Wildman–Crippen LogP) is 1.88. The highest BCUT2D eigenvalue weighted by Gasteiger charge is 2.42. The maximum atomic E-state index is 12.4. The molecule has 1 aromatic rings. The van der Waals surface area contributed by atoms with Crippen molar-refractivity contribution in [1.82, 2.24) is 0 Å². The second kappa shape index (κ2) is 3.57. The van der Waals surface area contributed by atoms with Gasteiger partial charge in [0.25, 0.3) is 0 Å². The monoisotopic (exact) mass is 206 g/mol. The van der Waals surface area contributed by atoms with Gasteiger partial charge in [0.05, 0.1) is 0 Å². The van der Waals surface area contributed by atoms with E-state index < -0.39 is 23.6 Å². The molecule has 0 aliphatic carbocycles. The Balaban J connectivity index is 2.79. The van der Waals surface area contributed by atoms with Crippen molar-refractivity contribution < 1.29 is 27.8 Å². The number of carbonyl (C=O) groups is 1. The number of carboxylic acid groups (broad SMARTS) is 1. The Morgan fingerprint density at radius 2 is 1.79 bits per heavy atom. The Morgan fingerprint density at radius 3 is 2.21 bits per heavy atom. The quantitative estimate of drug-likeness (QED) is 0.821. The van der Waals surface area contributed by atoms with Crippen molar-refractivity contribution in [2.45, 2.75) is 6.11 Å². The maximum absolute atomic E-state index is 12.4. The maximum Gasteiger partial charge on any atom is 0.501 e. The van der Waals surface area contributed by atoms with Crippen LogP contribution in [0.25, 0.3) is 0 Å². The molecule has 0 spiro atoms. The van der Waals surface area contributed by atoms with Crippen molar-refractivity contribution in [3.63, 3.8) is 0 Å². The number of ether oxygens (including phenoxy) is 1. The number of halogens is 3. The summed E-state index contributed by atoms with van der Waals surface area (Å²) in [7, 11) is 0. The molecule has 0 unspecified atom stereocenters. The lowest BCUT2D eigenvalue weighted by Gasteiger charge is -2.12. The van der Waals surface area contributed by atoms with E-state index in [1.165, 1.54) is 0 Å². The average molecular weight is 206 g/mol. The molecular weight excluding hydrogens is 201 g/mol. The smallest absolute Gasteiger partial charge is 0.474 e. The molecule has 0 aromatic heterocycles. The van der Waals surface area contributed by atoms with Gasteiger partial charge in [0.2, 0.25) is 0 Å². The molecule has 1 aromatic carbocycles.